The first-order chi connectivity index (χ1) is 13.9. The van der Waals surface area contributed by atoms with E-state index >= 15 is 0 Å². The van der Waals surface area contributed by atoms with Gasteiger partial charge in [-0.2, -0.15) is 0 Å². The van der Waals surface area contributed by atoms with Gasteiger partial charge in [0.15, 0.2) is 5.82 Å². The molecule has 1 saturated heterocycles. The lowest BCUT2D eigenvalue weighted by Crippen LogP contribution is -2.43. The van der Waals surface area contributed by atoms with Gasteiger partial charge in [-0.1, -0.05) is 6.92 Å². The minimum absolute atomic E-state index is 0.0147. The maximum atomic E-state index is 13.1. The van der Waals surface area contributed by atoms with Crippen molar-refractivity contribution in [3.8, 4) is 0 Å². The maximum absolute atomic E-state index is 13.1. The van der Waals surface area contributed by atoms with E-state index in [1.54, 1.807) is 18.3 Å². The van der Waals surface area contributed by atoms with Gasteiger partial charge in [-0.15, -0.1) is 0 Å². The van der Waals surface area contributed by atoms with Crippen LogP contribution in [-0.2, 0) is 14.8 Å². The summed E-state index contributed by atoms with van der Waals surface area (Å²) in [4.78, 5) is 18.6. The highest BCUT2D eigenvalue weighted by molar-refractivity contribution is 7.92. The second-order valence-corrected chi connectivity index (χ2v) is 8.69. The van der Waals surface area contributed by atoms with Crippen LogP contribution < -0.4 is 14.9 Å². The molecule has 29 heavy (non-hydrogen) atoms. The van der Waals surface area contributed by atoms with Crippen molar-refractivity contribution in [1.29, 1.82) is 0 Å². The fraction of sp³-hybridized carbons (Fsp3) is 0.400. The number of sulfonamides is 1. The Morgan fingerprint density at radius 3 is 2.76 bits per heavy atom. The molecule has 1 aliphatic rings. The lowest BCUT2D eigenvalue weighted by molar-refractivity contribution is -0.125. The molecule has 0 radical (unpaired) electrons. The summed E-state index contributed by atoms with van der Waals surface area (Å²) in [5.41, 5.74) is 0.325. The monoisotopic (exact) mass is 420 g/mol. The summed E-state index contributed by atoms with van der Waals surface area (Å²) in [5, 5.41) is 2.92. The average Bonchev–Trinajstić information content (AvgIpc) is 2.72. The van der Waals surface area contributed by atoms with Crippen LogP contribution >= 0.6 is 0 Å². The van der Waals surface area contributed by atoms with E-state index in [0.29, 0.717) is 31.1 Å². The van der Waals surface area contributed by atoms with E-state index < -0.39 is 15.8 Å². The van der Waals surface area contributed by atoms with Gasteiger partial charge in [-0.05, 0) is 55.7 Å². The smallest absolute Gasteiger partial charge is 0.262 e. The molecule has 1 fully saturated rings. The van der Waals surface area contributed by atoms with E-state index in [0.717, 1.165) is 31.4 Å². The van der Waals surface area contributed by atoms with Crippen LogP contribution in [0, 0.1) is 11.7 Å². The summed E-state index contributed by atoms with van der Waals surface area (Å²) in [6.45, 7) is 3.79. The van der Waals surface area contributed by atoms with Crippen LogP contribution in [0.4, 0.5) is 15.9 Å². The van der Waals surface area contributed by atoms with Crippen LogP contribution in [0.25, 0.3) is 0 Å². The van der Waals surface area contributed by atoms with Crippen molar-refractivity contribution in [1.82, 2.24) is 10.3 Å². The Kier molecular flexibility index (Phi) is 6.68. The molecule has 7 nitrogen and oxygen atoms in total. The zero-order valence-corrected chi connectivity index (χ0v) is 17.1. The molecular weight excluding hydrogens is 395 g/mol. The molecule has 0 bridgehead atoms. The topological polar surface area (TPSA) is 91.4 Å². The van der Waals surface area contributed by atoms with E-state index in [9.17, 15) is 17.6 Å². The number of halogens is 1. The molecule has 1 aromatic carbocycles. The number of carbonyl (C=O) groups is 1. The number of anilines is 2. The molecule has 3 rings (SSSR count). The Labute approximate surface area is 170 Å². The van der Waals surface area contributed by atoms with Crippen LogP contribution in [0.3, 0.4) is 0 Å². The maximum Gasteiger partial charge on any atom is 0.262 e. The summed E-state index contributed by atoms with van der Waals surface area (Å²) < 4.78 is 41.1. The standard InChI is InChI=1S/C20H25FN4O3S/c1-2-11-23-20(26)15-5-4-13-25(14-15)19-18(6-3-12-22-19)24-29(27,28)17-9-7-16(21)8-10-17/h3,6-10,12,15,24H,2,4-5,11,13-14H2,1H3,(H,23,26). The van der Waals surface area contributed by atoms with Crippen molar-refractivity contribution in [2.24, 2.45) is 5.92 Å². The highest BCUT2D eigenvalue weighted by Gasteiger charge is 2.28. The largest absolute Gasteiger partial charge is 0.356 e. The summed E-state index contributed by atoms with van der Waals surface area (Å²) in [6.07, 6.45) is 4.06. The molecule has 0 saturated carbocycles. The number of carbonyl (C=O) groups excluding carboxylic acids is 1. The molecule has 0 aliphatic carbocycles. The van der Waals surface area contributed by atoms with Crippen LogP contribution in [0.2, 0.25) is 0 Å². The predicted octanol–water partition coefficient (Wildman–Crippen LogP) is 2.76. The van der Waals surface area contributed by atoms with Crippen molar-refractivity contribution in [2.75, 3.05) is 29.3 Å². The van der Waals surface area contributed by atoms with Gasteiger partial charge in [0.05, 0.1) is 16.5 Å². The lowest BCUT2D eigenvalue weighted by Gasteiger charge is -2.33. The van der Waals surface area contributed by atoms with E-state index in [4.69, 9.17) is 0 Å². The second-order valence-electron chi connectivity index (χ2n) is 7.01. The molecule has 1 aromatic heterocycles. The molecule has 1 amide bonds. The number of hydrogen-bond acceptors (Lipinski definition) is 5. The summed E-state index contributed by atoms with van der Waals surface area (Å²) in [5.74, 6) is -0.183. The third-order valence-corrected chi connectivity index (χ3v) is 6.18. The Bertz CT molecular complexity index is 950. The van der Waals surface area contributed by atoms with Crippen molar-refractivity contribution in [3.05, 3.63) is 48.4 Å². The van der Waals surface area contributed by atoms with E-state index in [1.807, 2.05) is 11.8 Å². The zero-order chi connectivity index (χ0) is 20.9. The van der Waals surface area contributed by atoms with Gasteiger partial charge in [-0.3, -0.25) is 9.52 Å². The number of hydrogen-bond donors (Lipinski definition) is 2. The summed E-state index contributed by atoms with van der Waals surface area (Å²) in [7, 11) is -3.90. The highest BCUT2D eigenvalue weighted by atomic mass is 32.2. The molecular formula is C20H25FN4O3S. The van der Waals surface area contributed by atoms with Gasteiger partial charge in [0.2, 0.25) is 5.91 Å². The second kappa shape index (κ2) is 9.21. The average molecular weight is 421 g/mol. The number of nitrogens with zero attached hydrogens (tertiary/aromatic N) is 2. The van der Waals surface area contributed by atoms with Crippen LogP contribution in [-0.4, -0.2) is 38.9 Å². The number of nitrogens with one attached hydrogen (secondary N) is 2. The Morgan fingerprint density at radius 1 is 1.28 bits per heavy atom. The van der Waals surface area contributed by atoms with Gasteiger partial charge in [0.1, 0.15) is 5.82 Å². The minimum atomic E-state index is -3.90. The van der Waals surface area contributed by atoms with Crippen LogP contribution in [0.15, 0.2) is 47.5 Å². The van der Waals surface area contributed by atoms with Crippen molar-refractivity contribution in [2.45, 2.75) is 31.1 Å². The molecule has 1 unspecified atom stereocenters. The van der Waals surface area contributed by atoms with E-state index in [-0.39, 0.29) is 16.7 Å². The Morgan fingerprint density at radius 2 is 2.03 bits per heavy atom. The van der Waals surface area contributed by atoms with Gasteiger partial charge < -0.3 is 10.2 Å². The number of piperidine rings is 1. The van der Waals surface area contributed by atoms with Gasteiger partial charge in [0.25, 0.3) is 10.0 Å². The zero-order valence-electron chi connectivity index (χ0n) is 16.3. The van der Waals surface area contributed by atoms with E-state index in [1.165, 1.54) is 12.1 Å². The third-order valence-electron chi connectivity index (χ3n) is 4.80. The van der Waals surface area contributed by atoms with Crippen LogP contribution in [0.5, 0.6) is 0 Å². The van der Waals surface area contributed by atoms with E-state index in [2.05, 4.69) is 15.0 Å². The normalized spacial score (nSPS) is 17.0. The fourth-order valence-electron chi connectivity index (χ4n) is 3.32. The minimum Gasteiger partial charge on any atom is -0.356 e. The first kappa shape index (κ1) is 21.0. The first-order valence-electron chi connectivity index (χ1n) is 9.67. The molecule has 2 N–H and O–H groups in total. The van der Waals surface area contributed by atoms with Crippen molar-refractivity contribution < 1.29 is 17.6 Å². The number of pyridine rings is 1. The predicted molar refractivity (Wildman–Crippen MR) is 110 cm³/mol. The number of benzene rings is 1. The first-order valence-corrected chi connectivity index (χ1v) is 11.1. The van der Waals surface area contributed by atoms with Crippen molar-refractivity contribution >= 4 is 27.4 Å². The molecule has 156 valence electrons. The molecule has 1 atom stereocenters. The lowest BCUT2D eigenvalue weighted by atomic mass is 9.97. The number of rotatable bonds is 7. The number of aromatic nitrogens is 1. The highest BCUT2D eigenvalue weighted by Crippen LogP contribution is 2.29. The third kappa shape index (κ3) is 5.23. The number of amides is 1. The van der Waals surface area contributed by atoms with Gasteiger partial charge in [0, 0.05) is 25.8 Å². The van der Waals surface area contributed by atoms with Gasteiger partial charge >= 0.3 is 0 Å². The Balaban J connectivity index is 1.80. The molecule has 1 aliphatic heterocycles. The molecule has 2 aromatic rings. The Hall–Kier alpha value is -2.68. The fourth-order valence-corrected chi connectivity index (χ4v) is 4.38. The quantitative estimate of drug-likeness (QED) is 0.719. The SMILES string of the molecule is CCCNC(=O)C1CCCN(c2ncccc2NS(=O)(=O)c2ccc(F)cc2)C1. The van der Waals surface area contributed by atoms with Crippen molar-refractivity contribution in [3.63, 3.8) is 0 Å². The molecule has 2 heterocycles. The van der Waals surface area contributed by atoms with Gasteiger partial charge in [-0.25, -0.2) is 17.8 Å². The summed E-state index contributed by atoms with van der Waals surface area (Å²) in [6, 6.07) is 7.89. The summed E-state index contributed by atoms with van der Waals surface area (Å²) >= 11 is 0. The molecule has 0 spiro atoms. The molecule has 9 heteroatoms. The van der Waals surface area contributed by atoms with Crippen LogP contribution in [0.1, 0.15) is 26.2 Å².